The summed E-state index contributed by atoms with van der Waals surface area (Å²) in [6.07, 6.45) is -0.881. The van der Waals surface area contributed by atoms with Crippen molar-refractivity contribution in [3.05, 3.63) is 125 Å². The topological polar surface area (TPSA) is 119 Å². The van der Waals surface area contributed by atoms with Crippen molar-refractivity contribution in [3.63, 3.8) is 0 Å². The first-order valence-electron chi connectivity index (χ1n) is 15.7. The molecule has 1 fully saturated rings. The van der Waals surface area contributed by atoms with Crippen LogP contribution in [0.5, 0.6) is 0 Å². The van der Waals surface area contributed by atoms with Gasteiger partial charge in [0.1, 0.15) is 6.04 Å². The van der Waals surface area contributed by atoms with E-state index < -0.39 is 24.3 Å². The summed E-state index contributed by atoms with van der Waals surface area (Å²) in [6.45, 7) is 2.09. The first-order valence-corrected chi connectivity index (χ1v) is 17.5. The highest BCUT2D eigenvalue weighted by atomic mass is 32.2. The van der Waals surface area contributed by atoms with Gasteiger partial charge in [-0.05, 0) is 41.0 Å². The molecule has 5 atom stereocenters. The number of rotatable bonds is 11. The van der Waals surface area contributed by atoms with Crippen LogP contribution in [0.2, 0.25) is 0 Å². The van der Waals surface area contributed by atoms with Crippen molar-refractivity contribution in [2.24, 2.45) is 5.92 Å². The predicted octanol–water partition coefficient (Wildman–Crippen LogP) is 7.28. The highest BCUT2D eigenvalue weighted by molar-refractivity contribution is 8.01. The Kier molecular flexibility index (Phi) is 11.0. The summed E-state index contributed by atoms with van der Waals surface area (Å²) >= 11 is 3.34. The van der Waals surface area contributed by atoms with Gasteiger partial charge in [0.15, 0.2) is 10.6 Å². The quantitative estimate of drug-likeness (QED) is 0.0983. The van der Waals surface area contributed by atoms with Gasteiger partial charge in [-0.3, -0.25) is 0 Å². The summed E-state index contributed by atoms with van der Waals surface area (Å²) in [5, 5.41) is 15.2. The number of carbonyl (C=O) groups is 2. The lowest BCUT2D eigenvalue weighted by molar-refractivity contribution is -0.268. The van der Waals surface area contributed by atoms with E-state index >= 15 is 0 Å². The zero-order valence-electron chi connectivity index (χ0n) is 26.6. The molecule has 1 aromatic heterocycles. The zero-order chi connectivity index (χ0) is 33.5. The molecule has 0 radical (unpaired) electrons. The number of benzene rings is 4. The number of urea groups is 1. The smallest absolute Gasteiger partial charge is 0.328 e. The van der Waals surface area contributed by atoms with Crippen molar-refractivity contribution in [2.45, 2.75) is 48.8 Å². The molecule has 6 rings (SSSR count). The lowest BCUT2D eigenvalue weighted by Crippen LogP contribution is -2.45. The zero-order valence-corrected chi connectivity index (χ0v) is 28.2. The van der Waals surface area contributed by atoms with Gasteiger partial charge in [-0.1, -0.05) is 97.5 Å². The fourth-order valence-corrected chi connectivity index (χ4v) is 7.91. The van der Waals surface area contributed by atoms with E-state index in [1.807, 2.05) is 91.0 Å². The van der Waals surface area contributed by atoms with Gasteiger partial charge in [-0.15, -0.1) is 11.3 Å². The van der Waals surface area contributed by atoms with Crippen molar-refractivity contribution >= 4 is 51.0 Å². The molecule has 2 amide bonds. The third-order valence-electron chi connectivity index (χ3n) is 8.26. The largest absolute Gasteiger partial charge is 0.467 e. The summed E-state index contributed by atoms with van der Waals surface area (Å²) in [5.74, 6) is 0.145. The summed E-state index contributed by atoms with van der Waals surface area (Å²) in [6, 6.07) is 31.2. The summed E-state index contributed by atoms with van der Waals surface area (Å²) < 4.78 is 20.3. The molecule has 1 saturated heterocycles. The lowest BCUT2D eigenvalue weighted by Gasteiger charge is -2.41. The predicted molar refractivity (Wildman–Crippen MR) is 188 cm³/mol. The van der Waals surface area contributed by atoms with E-state index in [0.29, 0.717) is 17.9 Å². The minimum Gasteiger partial charge on any atom is -0.467 e. The molecule has 48 heavy (non-hydrogen) atoms. The standard InChI is InChI=1S/C37H37N3O6S2/c1-23-31(22-47-37-40-29-13-6-7-14-32(29)48-37)45-35(46-33(23)26-17-15-25(21-41)16-18-26)27-11-8-12-28(20-27)38-36(43)39-30(34(42)44-2)19-24-9-4-3-5-10-24/h3-18,20,23,30-31,33,35,41H,19,21-22H2,1-2H3,(H2,38,39,43)/t23-,30-,31+,33+,35+/m0/s1. The van der Waals surface area contributed by atoms with Gasteiger partial charge in [0.2, 0.25) is 0 Å². The van der Waals surface area contributed by atoms with E-state index in [-0.39, 0.29) is 24.7 Å². The van der Waals surface area contributed by atoms with Crippen molar-refractivity contribution in [3.8, 4) is 0 Å². The molecule has 0 saturated carbocycles. The molecule has 1 aliphatic rings. The van der Waals surface area contributed by atoms with Gasteiger partial charge in [0.05, 0.1) is 36.1 Å². The first kappa shape index (κ1) is 33.6. The number of nitrogens with zero attached hydrogens (tertiary/aromatic N) is 1. The number of aliphatic hydroxyl groups is 1. The van der Waals surface area contributed by atoms with Gasteiger partial charge in [-0.25, -0.2) is 14.6 Å². The van der Waals surface area contributed by atoms with Gasteiger partial charge in [0, 0.05) is 29.3 Å². The third-order valence-corrected chi connectivity index (χ3v) is 10.5. The van der Waals surface area contributed by atoms with Crippen LogP contribution in [0.25, 0.3) is 10.2 Å². The number of para-hydroxylation sites is 1. The van der Waals surface area contributed by atoms with Crippen molar-refractivity contribution in [2.75, 3.05) is 18.2 Å². The monoisotopic (exact) mass is 683 g/mol. The van der Waals surface area contributed by atoms with Crippen LogP contribution in [0.3, 0.4) is 0 Å². The van der Waals surface area contributed by atoms with Gasteiger partial charge in [0.25, 0.3) is 0 Å². The molecule has 0 spiro atoms. The van der Waals surface area contributed by atoms with Crippen LogP contribution < -0.4 is 10.6 Å². The number of thiazole rings is 1. The highest BCUT2D eigenvalue weighted by Crippen LogP contribution is 2.43. The van der Waals surface area contributed by atoms with Crippen LogP contribution in [0.4, 0.5) is 10.5 Å². The molecule has 9 nitrogen and oxygen atoms in total. The number of hydrogen-bond donors (Lipinski definition) is 3. The maximum absolute atomic E-state index is 13.1. The Bertz CT molecular complexity index is 1800. The number of thioether (sulfide) groups is 1. The molecule has 11 heteroatoms. The van der Waals surface area contributed by atoms with E-state index in [1.54, 1.807) is 29.2 Å². The second-order valence-corrected chi connectivity index (χ2v) is 13.9. The maximum atomic E-state index is 13.1. The van der Waals surface area contributed by atoms with Crippen LogP contribution in [-0.2, 0) is 32.0 Å². The Hall–Kier alpha value is -4.26. The molecule has 0 aliphatic carbocycles. The minimum atomic E-state index is -0.862. The van der Waals surface area contributed by atoms with E-state index in [1.165, 1.54) is 7.11 Å². The Balaban J connectivity index is 1.19. The number of methoxy groups -OCH3 is 1. The Morgan fingerprint density at radius 1 is 0.938 bits per heavy atom. The van der Waals surface area contributed by atoms with Crippen LogP contribution in [0, 0.1) is 5.92 Å². The summed E-state index contributed by atoms with van der Waals surface area (Å²) in [5.41, 5.74) is 4.95. The molecule has 4 aromatic carbocycles. The number of nitrogens with one attached hydrogen (secondary N) is 2. The number of ether oxygens (including phenoxy) is 3. The second kappa shape index (κ2) is 15.8. The molecule has 0 unspecified atom stereocenters. The van der Waals surface area contributed by atoms with Gasteiger partial charge in [-0.2, -0.15) is 0 Å². The Morgan fingerprint density at radius 3 is 2.46 bits per heavy atom. The minimum absolute atomic E-state index is 0.00931. The number of amides is 2. The molecule has 0 bridgehead atoms. The SMILES string of the molecule is COC(=O)[C@H](Cc1ccccc1)NC(=O)Nc1cccc([C@@H]2O[C@H](CSc3nc4ccccc4s3)[C@H](C)[C@H](c3ccc(CO)cc3)O2)c1. The van der Waals surface area contributed by atoms with Gasteiger partial charge < -0.3 is 30.0 Å². The Labute approximate surface area is 287 Å². The fraction of sp³-hybridized carbons (Fsp3) is 0.270. The first-order chi connectivity index (χ1) is 23.4. The highest BCUT2D eigenvalue weighted by Gasteiger charge is 2.38. The van der Waals surface area contributed by atoms with Gasteiger partial charge >= 0.3 is 12.0 Å². The maximum Gasteiger partial charge on any atom is 0.328 e. The lowest BCUT2D eigenvalue weighted by atomic mass is 9.91. The molecular weight excluding hydrogens is 647 g/mol. The molecule has 5 aromatic rings. The average molecular weight is 684 g/mol. The number of aromatic nitrogens is 1. The van der Waals surface area contributed by atoms with Crippen LogP contribution in [0.15, 0.2) is 107 Å². The number of hydrogen-bond acceptors (Lipinski definition) is 9. The number of esters is 1. The number of anilines is 1. The summed E-state index contributed by atoms with van der Waals surface area (Å²) in [7, 11) is 1.30. The molecule has 248 valence electrons. The van der Waals surface area contributed by atoms with Crippen molar-refractivity contribution in [1.82, 2.24) is 10.3 Å². The van der Waals surface area contributed by atoms with Crippen LogP contribution in [0.1, 0.15) is 41.6 Å². The van der Waals surface area contributed by atoms with Crippen LogP contribution >= 0.6 is 23.1 Å². The Morgan fingerprint density at radius 2 is 1.71 bits per heavy atom. The second-order valence-electron chi connectivity index (χ2n) is 11.6. The van der Waals surface area contributed by atoms with E-state index in [4.69, 9.17) is 19.2 Å². The van der Waals surface area contributed by atoms with Crippen molar-refractivity contribution < 1.29 is 28.9 Å². The number of carbonyl (C=O) groups excluding carboxylic acids is 2. The van der Waals surface area contributed by atoms with E-state index in [9.17, 15) is 14.7 Å². The third kappa shape index (κ3) is 8.23. The number of fused-ring (bicyclic) bond motifs is 1. The van der Waals surface area contributed by atoms with Crippen LogP contribution in [-0.4, -0.2) is 47.1 Å². The molecular formula is C37H37N3O6S2. The van der Waals surface area contributed by atoms with E-state index in [0.717, 1.165) is 36.8 Å². The summed E-state index contributed by atoms with van der Waals surface area (Å²) in [4.78, 5) is 30.3. The molecule has 3 N–H and O–H groups in total. The number of aliphatic hydroxyl groups excluding tert-OH is 1. The molecule has 2 heterocycles. The normalized spacial score (nSPS) is 19.8. The molecule has 1 aliphatic heterocycles. The average Bonchev–Trinajstić information content (AvgIpc) is 3.54. The van der Waals surface area contributed by atoms with E-state index in [2.05, 4.69) is 23.6 Å². The van der Waals surface area contributed by atoms with Crippen molar-refractivity contribution in [1.29, 1.82) is 0 Å². The fourth-order valence-electron chi connectivity index (χ4n) is 5.65.